The molecule has 0 aromatic heterocycles. The molecule has 1 aliphatic carbocycles. The predicted molar refractivity (Wildman–Crippen MR) is 57.1 cm³/mol. The van der Waals surface area contributed by atoms with Gasteiger partial charge in [0.1, 0.15) is 0 Å². The van der Waals surface area contributed by atoms with E-state index in [0.717, 1.165) is 23.4 Å². The van der Waals surface area contributed by atoms with Crippen LogP contribution in [-0.4, -0.2) is 12.6 Å². The molecule has 0 N–H and O–H groups in total. The fourth-order valence-electron chi connectivity index (χ4n) is 1.51. The smallest absolute Gasteiger partial charge is 0.330 e. The van der Waals surface area contributed by atoms with Crippen molar-refractivity contribution >= 4 is 17.6 Å². The van der Waals surface area contributed by atoms with Gasteiger partial charge in [0.15, 0.2) is 0 Å². The van der Waals surface area contributed by atoms with E-state index < -0.39 is 0 Å². The van der Waals surface area contributed by atoms with Crippen LogP contribution in [0, 0.1) is 5.92 Å². The van der Waals surface area contributed by atoms with Crippen LogP contribution in [0.3, 0.4) is 0 Å². The topological polar surface area (TPSA) is 26.3 Å². The lowest BCUT2D eigenvalue weighted by Gasteiger charge is -2.03. The molecular formula is C11H15ClO2. The molecule has 3 heteroatoms. The minimum atomic E-state index is -0.302. The first-order chi connectivity index (χ1) is 6.65. The van der Waals surface area contributed by atoms with Gasteiger partial charge < -0.3 is 4.74 Å². The van der Waals surface area contributed by atoms with E-state index in [0.29, 0.717) is 12.5 Å². The number of halogens is 1. The summed E-state index contributed by atoms with van der Waals surface area (Å²) in [7, 11) is 0. The van der Waals surface area contributed by atoms with Crippen molar-refractivity contribution in [2.45, 2.75) is 26.7 Å². The standard InChI is InChI=1S/C11H15ClO2/c1-3-14-11(13)7-5-9-8(2)4-6-10(9)12/h5,7-8H,3-4,6H2,1-2H3/b7-5+. The molecule has 0 spiro atoms. The fraction of sp³-hybridized carbons (Fsp3) is 0.545. The number of hydrogen-bond acceptors (Lipinski definition) is 2. The second-order valence-corrected chi connectivity index (χ2v) is 3.84. The van der Waals surface area contributed by atoms with Crippen molar-refractivity contribution in [1.82, 2.24) is 0 Å². The number of carbonyl (C=O) groups excluding carboxylic acids is 1. The van der Waals surface area contributed by atoms with Crippen LogP contribution in [0.25, 0.3) is 0 Å². The first-order valence-corrected chi connectivity index (χ1v) is 5.26. The van der Waals surface area contributed by atoms with Gasteiger partial charge in [0.25, 0.3) is 0 Å². The quantitative estimate of drug-likeness (QED) is 0.533. The van der Waals surface area contributed by atoms with E-state index in [4.69, 9.17) is 16.3 Å². The highest BCUT2D eigenvalue weighted by Gasteiger charge is 2.18. The monoisotopic (exact) mass is 214 g/mol. The van der Waals surface area contributed by atoms with Gasteiger partial charge in [-0.1, -0.05) is 24.6 Å². The molecule has 0 bridgehead atoms. The van der Waals surface area contributed by atoms with E-state index in [1.165, 1.54) is 6.08 Å². The first kappa shape index (κ1) is 11.3. The van der Waals surface area contributed by atoms with Gasteiger partial charge in [0.05, 0.1) is 6.61 Å². The van der Waals surface area contributed by atoms with Crippen LogP contribution in [0.2, 0.25) is 0 Å². The summed E-state index contributed by atoms with van der Waals surface area (Å²) in [5, 5.41) is 0.873. The number of carbonyl (C=O) groups is 1. The third-order valence-electron chi connectivity index (χ3n) is 2.33. The lowest BCUT2D eigenvalue weighted by molar-refractivity contribution is -0.137. The molecule has 14 heavy (non-hydrogen) atoms. The van der Waals surface area contributed by atoms with E-state index in [9.17, 15) is 4.79 Å². The Balaban J connectivity index is 2.59. The van der Waals surface area contributed by atoms with Gasteiger partial charge in [-0.05, 0) is 31.3 Å². The highest BCUT2D eigenvalue weighted by molar-refractivity contribution is 6.30. The van der Waals surface area contributed by atoms with E-state index >= 15 is 0 Å². The van der Waals surface area contributed by atoms with Crippen molar-refractivity contribution in [3.63, 3.8) is 0 Å². The second-order valence-electron chi connectivity index (χ2n) is 3.39. The van der Waals surface area contributed by atoms with E-state index in [-0.39, 0.29) is 5.97 Å². The second kappa shape index (κ2) is 5.20. The average molecular weight is 215 g/mol. The molecule has 0 amide bonds. The summed E-state index contributed by atoms with van der Waals surface area (Å²) in [5.74, 6) is 0.150. The Kier molecular flexibility index (Phi) is 4.21. The zero-order valence-electron chi connectivity index (χ0n) is 8.55. The number of hydrogen-bond donors (Lipinski definition) is 0. The molecule has 0 aromatic carbocycles. The summed E-state index contributed by atoms with van der Waals surface area (Å²) < 4.78 is 4.78. The fourth-order valence-corrected chi connectivity index (χ4v) is 1.87. The molecule has 0 fully saturated rings. The van der Waals surface area contributed by atoms with Gasteiger partial charge in [-0.3, -0.25) is 0 Å². The molecule has 0 saturated heterocycles. The zero-order chi connectivity index (χ0) is 10.6. The maximum atomic E-state index is 11.0. The summed E-state index contributed by atoms with van der Waals surface area (Å²) in [4.78, 5) is 11.0. The van der Waals surface area contributed by atoms with E-state index in [1.54, 1.807) is 13.0 Å². The zero-order valence-corrected chi connectivity index (χ0v) is 9.30. The molecular weight excluding hydrogens is 200 g/mol. The maximum Gasteiger partial charge on any atom is 0.330 e. The van der Waals surface area contributed by atoms with Gasteiger partial charge in [-0.25, -0.2) is 4.79 Å². The number of rotatable bonds is 3. The molecule has 2 nitrogen and oxygen atoms in total. The third kappa shape index (κ3) is 2.88. The Hall–Kier alpha value is -0.760. The van der Waals surface area contributed by atoms with Crippen LogP contribution in [-0.2, 0) is 9.53 Å². The summed E-state index contributed by atoms with van der Waals surface area (Å²) >= 11 is 6.01. The molecule has 1 aliphatic rings. The number of allylic oxidation sites excluding steroid dienone is 3. The molecule has 0 heterocycles. The van der Waals surface area contributed by atoms with Crippen molar-refractivity contribution in [1.29, 1.82) is 0 Å². The lowest BCUT2D eigenvalue weighted by atomic mass is 10.0. The Morgan fingerprint density at radius 3 is 2.93 bits per heavy atom. The maximum absolute atomic E-state index is 11.0. The minimum absolute atomic E-state index is 0.302. The Morgan fingerprint density at radius 2 is 2.43 bits per heavy atom. The third-order valence-corrected chi connectivity index (χ3v) is 2.73. The summed E-state index contributed by atoms with van der Waals surface area (Å²) in [6.07, 6.45) is 5.22. The Labute approximate surface area is 89.6 Å². The Morgan fingerprint density at radius 1 is 1.71 bits per heavy atom. The lowest BCUT2D eigenvalue weighted by Crippen LogP contribution is -1.99. The number of esters is 1. The minimum Gasteiger partial charge on any atom is -0.463 e. The van der Waals surface area contributed by atoms with Crippen LogP contribution in [0.15, 0.2) is 22.8 Å². The van der Waals surface area contributed by atoms with Crippen LogP contribution in [0.1, 0.15) is 26.7 Å². The molecule has 0 aromatic rings. The number of ether oxygens (including phenoxy) is 1. The summed E-state index contributed by atoms with van der Waals surface area (Å²) in [6, 6.07) is 0. The van der Waals surface area contributed by atoms with Gasteiger partial charge in [-0.15, -0.1) is 0 Å². The normalized spacial score (nSPS) is 22.1. The van der Waals surface area contributed by atoms with Gasteiger partial charge in [0.2, 0.25) is 0 Å². The summed E-state index contributed by atoms with van der Waals surface area (Å²) in [6.45, 7) is 4.31. The van der Waals surface area contributed by atoms with Crippen LogP contribution in [0.5, 0.6) is 0 Å². The highest BCUT2D eigenvalue weighted by atomic mass is 35.5. The van der Waals surface area contributed by atoms with Crippen LogP contribution < -0.4 is 0 Å². The van der Waals surface area contributed by atoms with E-state index in [2.05, 4.69) is 6.92 Å². The van der Waals surface area contributed by atoms with Gasteiger partial charge >= 0.3 is 5.97 Å². The molecule has 1 atom stereocenters. The molecule has 78 valence electrons. The highest BCUT2D eigenvalue weighted by Crippen LogP contribution is 2.34. The summed E-state index contributed by atoms with van der Waals surface area (Å²) in [5.41, 5.74) is 1.07. The molecule has 1 unspecified atom stereocenters. The van der Waals surface area contributed by atoms with Crippen molar-refractivity contribution < 1.29 is 9.53 Å². The molecule has 1 rings (SSSR count). The average Bonchev–Trinajstić information content (AvgIpc) is 2.44. The van der Waals surface area contributed by atoms with Crippen LogP contribution >= 0.6 is 11.6 Å². The molecule has 0 saturated carbocycles. The SMILES string of the molecule is CCOC(=O)/C=C/C1=C(Cl)CCC1C. The van der Waals surface area contributed by atoms with Gasteiger partial charge in [-0.2, -0.15) is 0 Å². The van der Waals surface area contributed by atoms with E-state index in [1.807, 2.05) is 0 Å². The molecule has 0 radical (unpaired) electrons. The van der Waals surface area contributed by atoms with Crippen LogP contribution in [0.4, 0.5) is 0 Å². The Bertz CT molecular complexity index is 279. The van der Waals surface area contributed by atoms with Crippen molar-refractivity contribution in [3.05, 3.63) is 22.8 Å². The largest absolute Gasteiger partial charge is 0.463 e. The van der Waals surface area contributed by atoms with Crippen molar-refractivity contribution in [2.75, 3.05) is 6.61 Å². The molecule has 0 aliphatic heterocycles. The van der Waals surface area contributed by atoms with Crippen molar-refractivity contribution in [3.8, 4) is 0 Å². The first-order valence-electron chi connectivity index (χ1n) is 4.88. The van der Waals surface area contributed by atoms with Gasteiger partial charge in [0, 0.05) is 11.1 Å². The predicted octanol–water partition coefficient (Wildman–Crippen LogP) is 3.03. The van der Waals surface area contributed by atoms with Crippen molar-refractivity contribution in [2.24, 2.45) is 5.92 Å².